The molecule has 0 aromatic rings. The van der Waals surface area contributed by atoms with Crippen molar-refractivity contribution >= 4 is 11.8 Å². The highest BCUT2D eigenvalue weighted by Gasteiger charge is 2.45. The van der Waals surface area contributed by atoms with Crippen LogP contribution in [0.15, 0.2) is 0 Å². The molecule has 3 rings (SSSR count). The first-order valence-electron chi connectivity index (χ1n) is 11.0. The van der Waals surface area contributed by atoms with Crippen LogP contribution >= 0.6 is 0 Å². The van der Waals surface area contributed by atoms with Gasteiger partial charge in [0.1, 0.15) is 0 Å². The van der Waals surface area contributed by atoms with Gasteiger partial charge in [-0.1, -0.05) is 51.4 Å². The summed E-state index contributed by atoms with van der Waals surface area (Å²) in [4.78, 5) is 26.9. The number of carbonyl (C=O) groups excluding carboxylic acids is 2. The molecule has 4 N–H and O–H groups in total. The van der Waals surface area contributed by atoms with Gasteiger partial charge in [-0.15, -0.1) is 0 Å². The number of primary amides is 1. The Kier molecular flexibility index (Phi) is 6.79. The van der Waals surface area contributed by atoms with E-state index >= 15 is 0 Å². The Hall–Kier alpha value is -1.14. The fraction of sp³-hybridized carbons (Fsp3) is 0.905. The van der Waals surface area contributed by atoms with E-state index in [0.717, 1.165) is 51.1 Å². The fourth-order valence-corrected chi connectivity index (χ4v) is 5.24. The number of likely N-dealkylation sites (tertiary alicyclic amines) is 1. The standard InChI is InChI=1S/C21H37N3O3/c22-18(25)20(11-5-2-6-12-20)23-16-21(27)13-7-14-24(19(21)26)15-10-17-8-3-1-4-9-17/h17,23,27H,1-16H2,(H2,22,25)/t21-/m0/s1. The summed E-state index contributed by atoms with van der Waals surface area (Å²) < 4.78 is 0. The lowest BCUT2D eigenvalue weighted by molar-refractivity contribution is -0.157. The summed E-state index contributed by atoms with van der Waals surface area (Å²) in [6.07, 6.45) is 13.2. The van der Waals surface area contributed by atoms with E-state index in [9.17, 15) is 14.7 Å². The molecule has 0 spiro atoms. The summed E-state index contributed by atoms with van der Waals surface area (Å²) in [5, 5.41) is 14.3. The third-order valence-corrected chi connectivity index (χ3v) is 7.13. The maximum atomic E-state index is 13.0. The smallest absolute Gasteiger partial charge is 0.255 e. The SMILES string of the molecule is NC(=O)C1(NC[C@@]2(O)CCCN(CCC3CCCCC3)C2=O)CCCCC1. The number of carbonyl (C=O) groups is 2. The molecule has 2 aliphatic carbocycles. The summed E-state index contributed by atoms with van der Waals surface area (Å²) in [6.45, 7) is 1.59. The molecular weight excluding hydrogens is 342 g/mol. The minimum atomic E-state index is -1.41. The molecule has 2 amide bonds. The maximum absolute atomic E-state index is 13.0. The minimum Gasteiger partial charge on any atom is -0.379 e. The second-order valence-corrected chi connectivity index (χ2v) is 9.08. The Morgan fingerprint density at radius 1 is 1.07 bits per heavy atom. The highest BCUT2D eigenvalue weighted by molar-refractivity contribution is 5.87. The molecule has 6 nitrogen and oxygen atoms in total. The van der Waals surface area contributed by atoms with E-state index in [4.69, 9.17) is 5.73 Å². The topological polar surface area (TPSA) is 95.7 Å². The van der Waals surface area contributed by atoms with Crippen molar-refractivity contribution in [2.45, 2.75) is 94.6 Å². The van der Waals surface area contributed by atoms with Gasteiger partial charge in [0.15, 0.2) is 5.60 Å². The van der Waals surface area contributed by atoms with E-state index in [1.807, 2.05) is 4.90 Å². The molecule has 0 aromatic carbocycles. The Labute approximate surface area is 163 Å². The molecule has 0 aromatic heterocycles. The van der Waals surface area contributed by atoms with Gasteiger partial charge in [-0.2, -0.15) is 0 Å². The Bertz CT molecular complexity index is 527. The number of nitrogens with one attached hydrogen (secondary N) is 1. The van der Waals surface area contributed by atoms with Gasteiger partial charge < -0.3 is 15.7 Å². The van der Waals surface area contributed by atoms with Crippen LogP contribution in [0.4, 0.5) is 0 Å². The number of β-amino-alcohol motifs (C(OH)–C–C–N with tert-alkyl or cyclic N) is 1. The molecule has 2 saturated carbocycles. The zero-order valence-corrected chi connectivity index (χ0v) is 16.7. The number of amides is 2. The molecule has 0 unspecified atom stereocenters. The summed E-state index contributed by atoms with van der Waals surface area (Å²) >= 11 is 0. The average molecular weight is 380 g/mol. The van der Waals surface area contributed by atoms with Gasteiger partial charge in [-0.05, 0) is 38.0 Å². The Morgan fingerprint density at radius 3 is 2.41 bits per heavy atom. The van der Waals surface area contributed by atoms with Crippen molar-refractivity contribution in [3.05, 3.63) is 0 Å². The second kappa shape index (κ2) is 8.91. The van der Waals surface area contributed by atoms with E-state index in [0.29, 0.717) is 19.3 Å². The lowest BCUT2D eigenvalue weighted by Gasteiger charge is -2.42. The van der Waals surface area contributed by atoms with E-state index in [2.05, 4.69) is 5.32 Å². The van der Waals surface area contributed by atoms with E-state index in [1.54, 1.807) is 0 Å². The summed E-state index contributed by atoms with van der Waals surface area (Å²) in [5.74, 6) is 0.191. The third-order valence-electron chi connectivity index (χ3n) is 7.13. The number of hydrogen-bond acceptors (Lipinski definition) is 4. The van der Waals surface area contributed by atoms with Crippen LogP contribution in [0, 0.1) is 5.92 Å². The van der Waals surface area contributed by atoms with Crippen LogP contribution in [0.25, 0.3) is 0 Å². The van der Waals surface area contributed by atoms with Crippen LogP contribution < -0.4 is 11.1 Å². The van der Waals surface area contributed by atoms with Gasteiger partial charge >= 0.3 is 0 Å². The van der Waals surface area contributed by atoms with Gasteiger partial charge in [0.05, 0.1) is 5.54 Å². The zero-order valence-electron chi connectivity index (χ0n) is 16.7. The number of aliphatic hydroxyl groups is 1. The predicted octanol–water partition coefficient (Wildman–Crippen LogP) is 2.09. The van der Waals surface area contributed by atoms with Crippen LogP contribution in [0.3, 0.4) is 0 Å². The van der Waals surface area contributed by atoms with Gasteiger partial charge in [0.25, 0.3) is 5.91 Å². The van der Waals surface area contributed by atoms with Crippen LogP contribution in [0.1, 0.15) is 83.5 Å². The molecule has 3 fully saturated rings. The van der Waals surface area contributed by atoms with Gasteiger partial charge in [0, 0.05) is 19.6 Å². The summed E-state index contributed by atoms with van der Waals surface area (Å²) in [6, 6.07) is 0. The van der Waals surface area contributed by atoms with Crippen molar-refractivity contribution < 1.29 is 14.7 Å². The normalized spacial score (nSPS) is 29.7. The van der Waals surface area contributed by atoms with Crippen molar-refractivity contribution in [3.63, 3.8) is 0 Å². The number of nitrogens with zero attached hydrogens (tertiary/aromatic N) is 1. The molecule has 1 heterocycles. The predicted molar refractivity (Wildman–Crippen MR) is 105 cm³/mol. The highest BCUT2D eigenvalue weighted by Crippen LogP contribution is 2.31. The van der Waals surface area contributed by atoms with E-state index in [-0.39, 0.29) is 18.4 Å². The number of piperidine rings is 1. The number of hydrogen-bond donors (Lipinski definition) is 3. The van der Waals surface area contributed by atoms with Crippen molar-refractivity contribution in [1.82, 2.24) is 10.2 Å². The zero-order chi connectivity index (χ0) is 19.3. The number of nitrogens with two attached hydrogens (primary N) is 1. The van der Waals surface area contributed by atoms with Crippen LogP contribution in [0.5, 0.6) is 0 Å². The molecule has 6 heteroatoms. The lowest BCUT2D eigenvalue weighted by Crippen LogP contribution is -2.64. The second-order valence-electron chi connectivity index (χ2n) is 9.08. The summed E-state index contributed by atoms with van der Waals surface area (Å²) in [5.41, 5.74) is 3.50. The van der Waals surface area contributed by atoms with Crippen LogP contribution in [0.2, 0.25) is 0 Å². The third kappa shape index (κ3) is 4.83. The molecular formula is C21H37N3O3. The Morgan fingerprint density at radius 2 is 1.74 bits per heavy atom. The quantitative estimate of drug-likeness (QED) is 0.631. The van der Waals surface area contributed by atoms with Crippen LogP contribution in [-0.2, 0) is 9.59 Å². The molecule has 27 heavy (non-hydrogen) atoms. The summed E-state index contributed by atoms with van der Waals surface area (Å²) in [7, 11) is 0. The van der Waals surface area contributed by atoms with Crippen molar-refractivity contribution in [2.24, 2.45) is 11.7 Å². The Balaban J connectivity index is 1.56. The average Bonchev–Trinajstić information content (AvgIpc) is 2.69. The molecule has 0 bridgehead atoms. The van der Waals surface area contributed by atoms with E-state index < -0.39 is 11.1 Å². The van der Waals surface area contributed by atoms with Gasteiger partial charge in [-0.25, -0.2) is 0 Å². The highest BCUT2D eigenvalue weighted by atomic mass is 16.3. The van der Waals surface area contributed by atoms with Crippen molar-refractivity contribution in [2.75, 3.05) is 19.6 Å². The molecule has 0 radical (unpaired) electrons. The van der Waals surface area contributed by atoms with Crippen molar-refractivity contribution in [1.29, 1.82) is 0 Å². The van der Waals surface area contributed by atoms with Crippen molar-refractivity contribution in [3.8, 4) is 0 Å². The molecule has 3 aliphatic rings. The van der Waals surface area contributed by atoms with Crippen LogP contribution in [-0.4, -0.2) is 52.6 Å². The van der Waals surface area contributed by atoms with E-state index in [1.165, 1.54) is 32.1 Å². The molecule has 1 aliphatic heterocycles. The first-order valence-corrected chi connectivity index (χ1v) is 11.0. The minimum absolute atomic E-state index is 0.120. The first-order chi connectivity index (χ1) is 13.0. The molecule has 1 saturated heterocycles. The lowest BCUT2D eigenvalue weighted by atomic mass is 9.80. The first kappa shape index (κ1) is 20.6. The molecule has 154 valence electrons. The van der Waals surface area contributed by atoms with Gasteiger partial charge in [0.2, 0.25) is 5.91 Å². The maximum Gasteiger partial charge on any atom is 0.255 e. The monoisotopic (exact) mass is 379 g/mol. The fourth-order valence-electron chi connectivity index (χ4n) is 5.24. The molecule has 1 atom stereocenters. The van der Waals surface area contributed by atoms with Gasteiger partial charge in [-0.3, -0.25) is 14.9 Å². The largest absolute Gasteiger partial charge is 0.379 e. The number of rotatable bonds is 7.